The molecule has 1 fully saturated rings. The third kappa shape index (κ3) is 6.19. The van der Waals surface area contributed by atoms with Gasteiger partial charge in [-0.3, -0.25) is 9.59 Å². The molecule has 3 N–H and O–H groups in total. The number of carbonyl (C=O) groups is 3. The highest BCUT2D eigenvalue weighted by molar-refractivity contribution is 8.18. The Morgan fingerprint density at radius 3 is 2.45 bits per heavy atom. The van der Waals surface area contributed by atoms with Crippen molar-refractivity contribution >= 4 is 52.2 Å². The average molecular weight is 439 g/mol. The summed E-state index contributed by atoms with van der Waals surface area (Å²) in [6.07, 6.45) is 1.18. The van der Waals surface area contributed by atoms with Crippen molar-refractivity contribution in [3.8, 4) is 5.75 Å². The predicted molar refractivity (Wildman–Crippen MR) is 120 cm³/mol. The number of ether oxygens (including phenoxy) is 1. The molecule has 31 heavy (non-hydrogen) atoms. The molecule has 160 valence electrons. The number of benzene rings is 2. The van der Waals surface area contributed by atoms with Gasteiger partial charge in [0.2, 0.25) is 5.91 Å². The van der Waals surface area contributed by atoms with Crippen LogP contribution in [0.4, 0.5) is 11.4 Å². The Kier molecular flexibility index (Phi) is 7.09. The van der Waals surface area contributed by atoms with Crippen LogP contribution in [0.3, 0.4) is 0 Å². The highest BCUT2D eigenvalue weighted by Crippen LogP contribution is 2.29. The van der Waals surface area contributed by atoms with E-state index in [2.05, 4.69) is 15.6 Å². The molecule has 1 aliphatic heterocycles. The van der Waals surface area contributed by atoms with Gasteiger partial charge >= 0.3 is 5.97 Å². The number of aliphatic imine (C=N–C) groups is 1. The molecule has 2 aromatic carbocycles. The van der Waals surface area contributed by atoms with Crippen LogP contribution < -0.4 is 15.4 Å². The smallest absolute Gasteiger partial charge is 0.344 e. The number of carbonyl (C=O) groups excluding carboxylic acids is 2. The minimum absolute atomic E-state index is 0.154. The third-order valence-electron chi connectivity index (χ3n) is 4.17. The Morgan fingerprint density at radius 1 is 1.19 bits per heavy atom. The third-order valence-corrected chi connectivity index (χ3v) is 5.08. The minimum atomic E-state index is -1.01. The molecule has 2 aromatic rings. The van der Waals surface area contributed by atoms with Crippen molar-refractivity contribution in [3.63, 3.8) is 0 Å². The van der Waals surface area contributed by atoms with E-state index in [-0.39, 0.29) is 11.8 Å². The van der Waals surface area contributed by atoms with Crippen molar-refractivity contribution in [2.75, 3.05) is 5.32 Å². The number of nitrogens with zero attached hydrogens (tertiary/aromatic N) is 1. The second-order valence-corrected chi connectivity index (χ2v) is 7.66. The van der Waals surface area contributed by atoms with Crippen LogP contribution in [0.5, 0.6) is 5.75 Å². The molecule has 2 amide bonds. The number of amidine groups is 1. The second kappa shape index (κ2) is 9.94. The maximum atomic E-state index is 12.3. The molecule has 0 bridgehead atoms. The molecule has 0 spiro atoms. The van der Waals surface area contributed by atoms with Gasteiger partial charge in [0.1, 0.15) is 5.75 Å². The Morgan fingerprint density at radius 2 is 1.87 bits per heavy atom. The van der Waals surface area contributed by atoms with Crippen LogP contribution in [0, 0.1) is 0 Å². The number of amides is 2. The Labute approximate surface area is 183 Å². The summed E-state index contributed by atoms with van der Waals surface area (Å²) in [4.78, 5) is 39.3. The quantitative estimate of drug-likeness (QED) is 0.565. The van der Waals surface area contributed by atoms with Crippen molar-refractivity contribution in [3.05, 3.63) is 59.0 Å². The maximum Gasteiger partial charge on any atom is 0.344 e. The van der Waals surface area contributed by atoms with Gasteiger partial charge < -0.3 is 20.5 Å². The number of rotatable bonds is 7. The first-order valence-electron chi connectivity index (χ1n) is 9.51. The first-order chi connectivity index (χ1) is 14.8. The molecule has 1 unspecified atom stereocenters. The number of carboxylic acids is 1. The first-order valence-corrected chi connectivity index (χ1v) is 10.3. The minimum Gasteiger partial charge on any atom is -0.479 e. The summed E-state index contributed by atoms with van der Waals surface area (Å²) in [7, 11) is 0. The molecule has 3 rings (SSSR count). The van der Waals surface area contributed by atoms with E-state index in [9.17, 15) is 14.4 Å². The van der Waals surface area contributed by atoms with E-state index in [1.165, 1.54) is 18.7 Å². The van der Waals surface area contributed by atoms with E-state index in [0.29, 0.717) is 33.6 Å². The van der Waals surface area contributed by atoms with E-state index in [1.54, 1.807) is 61.5 Å². The largest absolute Gasteiger partial charge is 0.479 e. The molecule has 1 atom stereocenters. The van der Waals surface area contributed by atoms with Gasteiger partial charge in [0.25, 0.3) is 5.91 Å². The second-order valence-electron chi connectivity index (χ2n) is 6.63. The molecule has 0 saturated carbocycles. The van der Waals surface area contributed by atoms with Gasteiger partial charge in [-0.2, -0.15) is 0 Å². The monoisotopic (exact) mass is 439 g/mol. The lowest BCUT2D eigenvalue weighted by molar-refractivity contribution is -0.145. The van der Waals surface area contributed by atoms with Crippen molar-refractivity contribution < 1.29 is 24.2 Å². The van der Waals surface area contributed by atoms with Gasteiger partial charge in [0.05, 0.1) is 10.6 Å². The summed E-state index contributed by atoms with van der Waals surface area (Å²) in [6, 6.07) is 13.8. The fourth-order valence-electron chi connectivity index (χ4n) is 2.69. The Bertz CT molecular complexity index is 1050. The molecule has 9 heteroatoms. The highest BCUT2D eigenvalue weighted by atomic mass is 32.2. The number of hydrogen-bond acceptors (Lipinski definition) is 6. The topological polar surface area (TPSA) is 117 Å². The fraction of sp³-hybridized carbons (Fsp3) is 0.182. The summed E-state index contributed by atoms with van der Waals surface area (Å²) >= 11 is 1.22. The van der Waals surface area contributed by atoms with Crippen molar-refractivity contribution in [2.45, 2.75) is 26.4 Å². The van der Waals surface area contributed by atoms with Gasteiger partial charge in [-0.25, -0.2) is 9.79 Å². The first kappa shape index (κ1) is 22.1. The van der Waals surface area contributed by atoms with Crippen LogP contribution in [0.15, 0.2) is 58.4 Å². The molecule has 1 aliphatic rings. The number of carboxylic acid groups (broad SMARTS) is 1. The van der Waals surface area contributed by atoms with Crippen LogP contribution >= 0.6 is 11.8 Å². The molecule has 1 heterocycles. The lowest BCUT2D eigenvalue weighted by atomic mass is 10.2. The van der Waals surface area contributed by atoms with Gasteiger partial charge in [-0.1, -0.05) is 19.1 Å². The van der Waals surface area contributed by atoms with E-state index >= 15 is 0 Å². The standard InChI is InChI=1S/C22H21N3O5S/c1-3-18(21(28)29)30-17-10-4-14(5-11-17)12-19-20(27)25-22(31-19)24-16-8-6-15(7-9-16)23-13(2)26/h4-12,18H,3H2,1-2H3,(H,23,26)(H,28,29)(H,24,25,27)/b19-12+. The van der Waals surface area contributed by atoms with E-state index in [0.717, 1.165) is 5.56 Å². The van der Waals surface area contributed by atoms with Gasteiger partial charge in [-0.15, -0.1) is 0 Å². The Hall–Kier alpha value is -3.59. The Balaban J connectivity index is 1.67. The highest BCUT2D eigenvalue weighted by Gasteiger charge is 2.24. The summed E-state index contributed by atoms with van der Waals surface area (Å²) < 4.78 is 5.44. The summed E-state index contributed by atoms with van der Waals surface area (Å²) in [5.41, 5.74) is 2.08. The molecular formula is C22H21N3O5S. The number of aliphatic carboxylic acids is 1. The zero-order chi connectivity index (χ0) is 22.4. The molecule has 0 radical (unpaired) electrons. The molecule has 0 aromatic heterocycles. The van der Waals surface area contributed by atoms with Crippen molar-refractivity contribution in [1.82, 2.24) is 5.32 Å². The SMILES string of the molecule is CCC(Oc1ccc(/C=C2/SC(=Nc3ccc(NC(C)=O)cc3)NC2=O)cc1)C(=O)O. The number of anilines is 1. The van der Waals surface area contributed by atoms with E-state index in [1.807, 2.05) is 0 Å². The molecule has 0 aliphatic carbocycles. The van der Waals surface area contributed by atoms with Crippen LogP contribution in [-0.4, -0.2) is 34.2 Å². The van der Waals surface area contributed by atoms with E-state index in [4.69, 9.17) is 9.84 Å². The van der Waals surface area contributed by atoms with Crippen LogP contribution in [0.25, 0.3) is 6.08 Å². The predicted octanol–water partition coefficient (Wildman–Crippen LogP) is 3.78. The van der Waals surface area contributed by atoms with Gasteiger partial charge in [0.15, 0.2) is 11.3 Å². The van der Waals surface area contributed by atoms with Gasteiger partial charge in [0, 0.05) is 12.6 Å². The lowest BCUT2D eigenvalue weighted by Crippen LogP contribution is -2.25. The van der Waals surface area contributed by atoms with Gasteiger partial charge in [-0.05, 0) is 66.2 Å². The maximum absolute atomic E-state index is 12.3. The summed E-state index contributed by atoms with van der Waals surface area (Å²) in [6.45, 7) is 3.18. The number of nitrogens with one attached hydrogen (secondary N) is 2. The van der Waals surface area contributed by atoms with Crippen molar-refractivity contribution in [1.29, 1.82) is 0 Å². The fourth-order valence-corrected chi connectivity index (χ4v) is 3.53. The van der Waals surface area contributed by atoms with Crippen molar-refractivity contribution in [2.24, 2.45) is 4.99 Å². The van der Waals surface area contributed by atoms with E-state index < -0.39 is 12.1 Å². The molecular weight excluding hydrogens is 418 g/mol. The molecule has 1 saturated heterocycles. The van der Waals surface area contributed by atoms with Crippen LogP contribution in [-0.2, 0) is 14.4 Å². The number of hydrogen-bond donors (Lipinski definition) is 3. The lowest BCUT2D eigenvalue weighted by Gasteiger charge is -2.13. The molecule has 8 nitrogen and oxygen atoms in total. The zero-order valence-electron chi connectivity index (χ0n) is 16.9. The normalized spacial score (nSPS) is 16.8. The summed E-state index contributed by atoms with van der Waals surface area (Å²) in [5, 5.41) is 14.9. The average Bonchev–Trinajstić information content (AvgIpc) is 3.07. The van der Waals surface area contributed by atoms with Crippen LogP contribution in [0.1, 0.15) is 25.8 Å². The number of thioether (sulfide) groups is 1. The zero-order valence-corrected chi connectivity index (χ0v) is 17.7. The van der Waals surface area contributed by atoms with Crippen LogP contribution in [0.2, 0.25) is 0 Å². The summed E-state index contributed by atoms with van der Waals surface area (Å²) in [5.74, 6) is -0.968.